The van der Waals surface area contributed by atoms with Crippen molar-refractivity contribution in [2.45, 2.75) is 13.5 Å². The van der Waals surface area contributed by atoms with Gasteiger partial charge in [0.15, 0.2) is 5.82 Å². The Morgan fingerprint density at radius 3 is 2.77 bits per heavy atom. The number of thiophene rings is 1. The van der Waals surface area contributed by atoms with Crippen molar-refractivity contribution >= 4 is 40.3 Å². The molecule has 2 aromatic heterocycles. The summed E-state index contributed by atoms with van der Waals surface area (Å²) in [6.07, 6.45) is 0. The highest BCUT2D eigenvalue weighted by molar-refractivity contribution is 7.19. The largest absolute Gasteiger partial charge is 0.276 e. The molecule has 0 atom stereocenters. The van der Waals surface area contributed by atoms with Crippen molar-refractivity contribution in [2.75, 3.05) is 0 Å². The second kappa shape index (κ2) is 5.19. The van der Waals surface area contributed by atoms with Gasteiger partial charge >= 0.3 is 0 Å². The van der Waals surface area contributed by atoms with Crippen LogP contribution in [0.1, 0.15) is 22.8 Å². The minimum atomic E-state index is 0.459. The average molecular weight is 349 g/mol. The Bertz CT molecular complexity index is 910. The first kappa shape index (κ1) is 13.9. The molecule has 0 bridgehead atoms. The van der Waals surface area contributed by atoms with Crippen LogP contribution in [0.25, 0.3) is 5.00 Å². The molecule has 0 spiro atoms. The second-order valence-corrected chi connectivity index (χ2v) is 6.98. The molecule has 1 aliphatic rings. The number of hydrogen-bond acceptors (Lipinski definition) is 4. The maximum Gasteiger partial charge on any atom is 0.160 e. The van der Waals surface area contributed by atoms with Gasteiger partial charge in [-0.2, -0.15) is 0 Å². The Hall–Kier alpha value is -1.69. The Morgan fingerprint density at radius 2 is 1.95 bits per heavy atom. The van der Waals surface area contributed by atoms with E-state index in [-0.39, 0.29) is 0 Å². The van der Waals surface area contributed by atoms with Crippen molar-refractivity contribution in [3.05, 3.63) is 62.5 Å². The maximum atomic E-state index is 6.36. The summed E-state index contributed by atoms with van der Waals surface area (Å²) in [5, 5.41) is 10.0. The predicted octanol–water partition coefficient (Wildman–Crippen LogP) is 4.30. The Kier molecular flexibility index (Phi) is 3.29. The van der Waals surface area contributed by atoms with Crippen LogP contribution in [-0.4, -0.2) is 20.5 Å². The van der Waals surface area contributed by atoms with Gasteiger partial charge in [0.2, 0.25) is 0 Å². The van der Waals surface area contributed by atoms with Gasteiger partial charge < -0.3 is 0 Å². The summed E-state index contributed by atoms with van der Waals surface area (Å²) in [6.45, 7) is 2.38. The fourth-order valence-corrected chi connectivity index (χ4v) is 4.09. The molecule has 4 nitrogen and oxygen atoms in total. The molecule has 7 heteroatoms. The molecular weight excluding hydrogens is 339 g/mol. The average Bonchev–Trinajstić information content (AvgIpc) is 3.00. The molecule has 0 saturated carbocycles. The van der Waals surface area contributed by atoms with E-state index < -0.39 is 0 Å². The first-order valence-electron chi connectivity index (χ1n) is 6.65. The fourth-order valence-electron chi connectivity index (χ4n) is 2.58. The quantitative estimate of drug-likeness (QED) is 0.658. The van der Waals surface area contributed by atoms with Crippen LogP contribution in [0.4, 0.5) is 0 Å². The first-order valence-corrected chi connectivity index (χ1v) is 8.22. The topological polar surface area (TPSA) is 43.1 Å². The zero-order valence-corrected chi connectivity index (χ0v) is 13.9. The van der Waals surface area contributed by atoms with Crippen molar-refractivity contribution < 1.29 is 0 Å². The van der Waals surface area contributed by atoms with Crippen LogP contribution < -0.4 is 0 Å². The second-order valence-electron chi connectivity index (χ2n) is 4.91. The highest BCUT2D eigenvalue weighted by Gasteiger charge is 2.24. The van der Waals surface area contributed by atoms with Gasteiger partial charge in [0, 0.05) is 16.1 Å². The Labute approximate surface area is 141 Å². The van der Waals surface area contributed by atoms with E-state index in [0.29, 0.717) is 15.9 Å². The third-order valence-corrected chi connectivity index (χ3v) is 5.12. The predicted molar refractivity (Wildman–Crippen MR) is 89.8 cm³/mol. The number of hydrogen-bond donors (Lipinski definition) is 0. The number of halogens is 2. The van der Waals surface area contributed by atoms with E-state index in [2.05, 4.69) is 10.2 Å². The molecule has 0 radical (unpaired) electrons. The highest BCUT2D eigenvalue weighted by Crippen LogP contribution is 2.36. The van der Waals surface area contributed by atoms with Gasteiger partial charge in [0.25, 0.3) is 0 Å². The highest BCUT2D eigenvalue weighted by atomic mass is 35.5. The van der Waals surface area contributed by atoms with Gasteiger partial charge in [-0.25, -0.2) is 0 Å². The molecule has 0 amide bonds. The van der Waals surface area contributed by atoms with E-state index in [1.54, 1.807) is 0 Å². The lowest BCUT2D eigenvalue weighted by Crippen LogP contribution is -2.05. The van der Waals surface area contributed by atoms with E-state index in [9.17, 15) is 0 Å². The van der Waals surface area contributed by atoms with Crippen LogP contribution in [0.5, 0.6) is 0 Å². The number of rotatable bonds is 1. The molecule has 3 heterocycles. The first-order chi connectivity index (χ1) is 10.6. The molecule has 0 fully saturated rings. The van der Waals surface area contributed by atoms with E-state index in [1.807, 2.05) is 41.8 Å². The lowest BCUT2D eigenvalue weighted by molar-refractivity contribution is 0.869. The smallest absolute Gasteiger partial charge is 0.160 e. The molecule has 0 aliphatic carbocycles. The molecule has 1 aliphatic heterocycles. The van der Waals surface area contributed by atoms with Crippen molar-refractivity contribution in [1.82, 2.24) is 14.8 Å². The fraction of sp³-hybridized carbons (Fsp3) is 0.133. The van der Waals surface area contributed by atoms with E-state index >= 15 is 0 Å². The molecule has 3 aromatic rings. The number of aliphatic imine (C=N–C) groups is 1. The monoisotopic (exact) mass is 348 g/mol. The summed E-state index contributed by atoms with van der Waals surface area (Å²) < 4.78 is 2.71. The minimum Gasteiger partial charge on any atom is -0.276 e. The zero-order chi connectivity index (χ0) is 15.3. The number of aromatic nitrogens is 3. The lowest BCUT2D eigenvalue weighted by atomic mass is 10.0. The summed E-state index contributed by atoms with van der Waals surface area (Å²) in [6, 6.07) is 9.62. The third-order valence-electron chi connectivity index (χ3n) is 3.54. The van der Waals surface area contributed by atoms with Crippen molar-refractivity contribution in [1.29, 1.82) is 0 Å². The van der Waals surface area contributed by atoms with E-state index in [4.69, 9.17) is 28.2 Å². The van der Waals surface area contributed by atoms with Gasteiger partial charge in [-0.15, -0.1) is 21.5 Å². The van der Waals surface area contributed by atoms with Crippen LogP contribution in [-0.2, 0) is 6.54 Å². The molecule has 1 aromatic carbocycles. The van der Waals surface area contributed by atoms with Crippen LogP contribution in [0.3, 0.4) is 0 Å². The van der Waals surface area contributed by atoms with Crippen LogP contribution in [0.15, 0.2) is 35.3 Å². The van der Waals surface area contributed by atoms with Crippen LogP contribution >= 0.6 is 34.5 Å². The Morgan fingerprint density at radius 1 is 1.14 bits per heavy atom. The van der Waals surface area contributed by atoms with Crippen LogP contribution in [0, 0.1) is 6.92 Å². The number of benzene rings is 1. The summed E-state index contributed by atoms with van der Waals surface area (Å²) >= 11 is 14.1. The van der Waals surface area contributed by atoms with Crippen molar-refractivity contribution in [2.24, 2.45) is 4.99 Å². The van der Waals surface area contributed by atoms with Gasteiger partial charge in [0.05, 0.1) is 10.0 Å². The zero-order valence-electron chi connectivity index (χ0n) is 11.5. The SMILES string of the molecule is Cc1nnc2n1-c1sc(Cl)cc1C(c1ccccc1Cl)=NC2. The van der Waals surface area contributed by atoms with Gasteiger partial charge in [-0.1, -0.05) is 41.4 Å². The molecule has 4 rings (SSSR count). The number of fused-ring (bicyclic) bond motifs is 3. The summed E-state index contributed by atoms with van der Waals surface area (Å²) in [4.78, 5) is 4.72. The van der Waals surface area contributed by atoms with Crippen LogP contribution in [0.2, 0.25) is 9.36 Å². The Balaban J connectivity index is 2.00. The lowest BCUT2D eigenvalue weighted by Gasteiger charge is -2.08. The number of nitrogens with zero attached hydrogens (tertiary/aromatic N) is 4. The standard InChI is InChI=1S/C15H10Cl2N4S/c1-8-19-20-13-7-18-14(9-4-2-3-5-11(9)16)10-6-12(17)22-15(10)21(8)13/h2-6H,7H2,1H3. The molecule has 110 valence electrons. The normalized spacial score (nSPS) is 13.3. The van der Waals surface area contributed by atoms with Crippen molar-refractivity contribution in [3.63, 3.8) is 0 Å². The number of aryl methyl sites for hydroxylation is 1. The van der Waals surface area contributed by atoms with E-state index in [0.717, 1.165) is 33.5 Å². The summed E-state index contributed by atoms with van der Waals surface area (Å²) in [5.41, 5.74) is 2.70. The minimum absolute atomic E-state index is 0.459. The molecule has 0 unspecified atom stereocenters. The van der Waals surface area contributed by atoms with Gasteiger partial charge in [-0.05, 0) is 19.1 Å². The third kappa shape index (κ3) is 2.08. The molecule has 0 saturated heterocycles. The van der Waals surface area contributed by atoms with Gasteiger partial charge in [0.1, 0.15) is 17.4 Å². The maximum absolute atomic E-state index is 6.36. The van der Waals surface area contributed by atoms with E-state index in [1.165, 1.54) is 11.3 Å². The van der Waals surface area contributed by atoms with Crippen molar-refractivity contribution in [3.8, 4) is 5.00 Å². The summed E-state index contributed by atoms with van der Waals surface area (Å²) in [7, 11) is 0. The molecule has 0 N–H and O–H groups in total. The summed E-state index contributed by atoms with van der Waals surface area (Å²) in [5.74, 6) is 1.63. The molecule has 22 heavy (non-hydrogen) atoms. The molecular formula is C15H10Cl2N4S. The van der Waals surface area contributed by atoms with Gasteiger partial charge in [-0.3, -0.25) is 9.56 Å².